The fraction of sp³-hybridized carbons (Fsp3) is 0.136. The zero-order chi connectivity index (χ0) is 20.1. The van der Waals surface area contributed by atoms with Crippen LogP contribution in [0.2, 0.25) is 0 Å². The highest BCUT2D eigenvalue weighted by atomic mass is 16.1. The van der Waals surface area contributed by atoms with Crippen molar-refractivity contribution in [1.82, 2.24) is 29.8 Å². The van der Waals surface area contributed by atoms with Gasteiger partial charge in [0.15, 0.2) is 5.82 Å². The Balaban J connectivity index is 1.44. The van der Waals surface area contributed by atoms with Gasteiger partial charge in [-0.25, -0.2) is 9.97 Å². The summed E-state index contributed by atoms with van der Waals surface area (Å²) in [5, 5.41) is 2.96. The van der Waals surface area contributed by atoms with Crippen molar-refractivity contribution < 1.29 is 4.79 Å². The van der Waals surface area contributed by atoms with Crippen LogP contribution >= 0.6 is 0 Å². The molecule has 4 heterocycles. The average molecular weight is 384 g/mol. The Bertz CT molecular complexity index is 1090. The van der Waals surface area contributed by atoms with Crippen molar-refractivity contribution in [2.45, 2.75) is 6.42 Å². The summed E-state index contributed by atoms with van der Waals surface area (Å²) < 4.78 is 1.81. The Morgan fingerprint density at radius 2 is 1.72 bits per heavy atom. The molecule has 7 heteroatoms. The Hall–Kier alpha value is -3.87. The van der Waals surface area contributed by atoms with Gasteiger partial charge in [0.1, 0.15) is 5.69 Å². The number of hydrogen-bond acceptors (Lipinski definition) is 5. The van der Waals surface area contributed by atoms with Gasteiger partial charge in [0.2, 0.25) is 0 Å². The molecule has 4 aromatic rings. The molecule has 0 radical (unpaired) electrons. The summed E-state index contributed by atoms with van der Waals surface area (Å²) in [5.41, 5.74) is 4.28. The van der Waals surface area contributed by atoms with Crippen molar-refractivity contribution >= 4 is 5.91 Å². The van der Waals surface area contributed by atoms with Gasteiger partial charge in [0, 0.05) is 73.7 Å². The van der Waals surface area contributed by atoms with Gasteiger partial charge in [-0.15, -0.1) is 0 Å². The van der Waals surface area contributed by atoms with E-state index in [0.717, 1.165) is 28.7 Å². The van der Waals surface area contributed by atoms with Crippen molar-refractivity contribution in [3.63, 3.8) is 0 Å². The van der Waals surface area contributed by atoms with Gasteiger partial charge >= 0.3 is 0 Å². The minimum absolute atomic E-state index is 0.115. The Kier molecular flexibility index (Phi) is 5.38. The summed E-state index contributed by atoms with van der Waals surface area (Å²) in [6.07, 6.45) is 13.1. The number of pyridine rings is 2. The molecule has 0 fully saturated rings. The molecule has 1 amide bonds. The topological polar surface area (TPSA) is 85.6 Å². The maximum atomic E-state index is 12.6. The van der Waals surface area contributed by atoms with Crippen LogP contribution in [0.1, 0.15) is 16.1 Å². The predicted octanol–water partition coefficient (Wildman–Crippen LogP) is 2.91. The number of nitrogens with zero attached hydrogens (tertiary/aromatic N) is 5. The van der Waals surface area contributed by atoms with Gasteiger partial charge in [0.25, 0.3) is 5.91 Å². The normalized spacial score (nSPS) is 10.7. The van der Waals surface area contributed by atoms with Crippen molar-refractivity contribution in [3.05, 3.63) is 85.0 Å². The lowest BCUT2D eigenvalue weighted by Gasteiger charge is -2.05. The van der Waals surface area contributed by atoms with E-state index in [-0.39, 0.29) is 5.91 Å². The number of carbonyl (C=O) groups is 1. The zero-order valence-corrected chi connectivity index (χ0v) is 16.0. The maximum absolute atomic E-state index is 12.6. The molecule has 7 nitrogen and oxygen atoms in total. The molecule has 144 valence electrons. The number of amides is 1. The first-order valence-corrected chi connectivity index (χ1v) is 9.27. The summed E-state index contributed by atoms with van der Waals surface area (Å²) in [7, 11) is 1.85. The van der Waals surface area contributed by atoms with Crippen LogP contribution in [0.3, 0.4) is 0 Å². The first-order valence-electron chi connectivity index (χ1n) is 9.27. The van der Waals surface area contributed by atoms with Crippen LogP contribution in [-0.4, -0.2) is 37.0 Å². The van der Waals surface area contributed by atoms with Crippen LogP contribution in [0.5, 0.6) is 0 Å². The van der Waals surface area contributed by atoms with E-state index < -0.39 is 0 Å². The van der Waals surface area contributed by atoms with Crippen molar-refractivity contribution in [2.75, 3.05) is 6.54 Å². The molecule has 0 bridgehead atoms. The lowest BCUT2D eigenvalue weighted by molar-refractivity contribution is 0.0946. The summed E-state index contributed by atoms with van der Waals surface area (Å²) >= 11 is 0. The van der Waals surface area contributed by atoms with E-state index in [9.17, 15) is 4.79 Å². The zero-order valence-electron chi connectivity index (χ0n) is 16.0. The van der Waals surface area contributed by atoms with Crippen LogP contribution in [-0.2, 0) is 13.5 Å². The molecule has 4 rings (SSSR count). The summed E-state index contributed by atoms with van der Waals surface area (Å²) in [5.74, 6) is 0.502. The third-order valence-corrected chi connectivity index (χ3v) is 4.56. The van der Waals surface area contributed by atoms with Gasteiger partial charge in [-0.1, -0.05) is 6.07 Å². The van der Waals surface area contributed by atoms with Crippen LogP contribution in [0.15, 0.2) is 73.7 Å². The van der Waals surface area contributed by atoms with E-state index in [1.165, 1.54) is 0 Å². The summed E-state index contributed by atoms with van der Waals surface area (Å²) in [6.45, 7) is 0.550. The van der Waals surface area contributed by atoms with Crippen LogP contribution < -0.4 is 5.32 Å². The third kappa shape index (κ3) is 4.35. The van der Waals surface area contributed by atoms with E-state index in [1.807, 2.05) is 54.3 Å². The second-order valence-electron chi connectivity index (χ2n) is 6.63. The molecule has 1 N–H and O–H groups in total. The first-order chi connectivity index (χ1) is 14.2. The molecule has 4 aromatic heterocycles. The Morgan fingerprint density at radius 3 is 2.41 bits per heavy atom. The molecule has 0 unspecified atom stereocenters. The van der Waals surface area contributed by atoms with Crippen LogP contribution in [0, 0.1) is 0 Å². The monoisotopic (exact) mass is 384 g/mol. The second-order valence-corrected chi connectivity index (χ2v) is 6.63. The Labute approximate surface area is 168 Å². The summed E-state index contributed by atoms with van der Waals surface area (Å²) in [4.78, 5) is 29.6. The molecule has 0 aliphatic rings. The molecular formula is C22H20N6O. The molecule has 0 aliphatic carbocycles. The van der Waals surface area contributed by atoms with Crippen LogP contribution in [0.25, 0.3) is 22.5 Å². The van der Waals surface area contributed by atoms with Gasteiger partial charge in [-0.3, -0.25) is 14.8 Å². The number of nitrogens with one attached hydrogen (secondary N) is 1. The molecule has 0 saturated heterocycles. The molecular weight excluding hydrogens is 364 g/mol. The van der Waals surface area contributed by atoms with E-state index in [4.69, 9.17) is 0 Å². The van der Waals surface area contributed by atoms with E-state index in [0.29, 0.717) is 18.1 Å². The summed E-state index contributed by atoms with van der Waals surface area (Å²) in [6, 6.07) is 9.50. The van der Waals surface area contributed by atoms with E-state index in [2.05, 4.69) is 25.3 Å². The van der Waals surface area contributed by atoms with Gasteiger partial charge < -0.3 is 9.88 Å². The highest BCUT2D eigenvalue weighted by molar-refractivity contribution is 5.94. The Morgan fingerprint density at radius 1 is 0.966 bits per heavy atom. The number of hydrogen-bond donors (Lipinski definition) is 1. The van der Waals surface area contributed by atoms with Gasteiger partial charge in [-0.2, -0.15) is 0 Å². The van der Waals surface area contributed by atoms with E-state index in [1.54, 1.807) is 31.0 Å². The third-order valence-electron chi connectivity index (χ3n) is 4.56. The van der Waals surface area contributed by atoms with Gasteiger partial charge in [0.05, 0.1) is 0 Å². The smallest absolute Gasteiger partial charge is 0.267 e. The van der Waals surface area contributed by atoms with Gasteiger partial charge in [-0.05, 0) is 36.2 Å². The fourth-order valence-electron chi connectivity index (χ4n) is 3.03. The lowest BCUT2D eigenvalue weighted by atomic mass is 10.1. The number of rotatable bonds is 6. The lowest BCUT2D eigenvalue weighted by Crippen LogP contribution is -2.27. The minimum atomic E-state index is -0.115. The second kappa shape index (κ2) is 8.43. The number of carbonyl (C=O) groups excluding carboxylic acids is 1. The highest BCUT2D eigenvalue weighted by Gasteiger charge is 2.13. The molecule has 0 aliphatic heterocycles. The molecule has 0 saturated carbocycles. The molecule has 0 aromatic carbocycles. The molecule has 29 heavy (non-hydrogen) atoms. The maximum Gasteiger partial charge on any atom is 0.267 e. The van der Waals surface area contributed by atoms with Crippen molar-refractivity contribution in [2.24, 2.45) is 7.05 Å². The molecule has 0 atom stereocenters. The number of aromatic nitrogens is 5. The quantitative estimate of drug-likeness (QED) is 0.552. The fourth-order valence-corrected chi connectivity index (χ4v) is 3.03. The van der Waals surface area contributed by atoms with Crippen LogP contribution in [0.4, 0.5) is 0 Å². The highest BCUT2D eigenvalue weighted by Crippen LogP contribution is 2.22. The molecule has 0 spiro atoms. The predicted molar refractivity (Wildman–Crippen MR) is 110 cm³/mol. The largest absolute Gasteiger partial charge is 0.350 e. The van der Waals surface area contributed by atoms with Crippen molar-refractivity contribution in [1.29, 1.82) is 0 Å². The number of aryl methyl sites for hydroxylation is 1. The standard InChI is InChI=1S/C22H20N6O/c1-28-15-18(19-13-26-21(27-14-19)17-5-3-8-24-12-17)10-20(28)22(29)25-9-6-16-4-2-7-23-11-16/h2-5,7-8,10-15H,6,9H2,1H3,(H,25,29). The first kappa shape index (κ1) is 18.5. The van der Waals surface area contributed by atoms with Crippen molar-refractivity contribution in [3.8, 4) is 22.5 Å². The average Bonchev–Trinajstić information content (AvgIpc) is 3.17. The SMILES string of the molecule is Cn1cc(-c2cnc(-c3cccnc3)nc2)cc1C(=O)NCCc1cccnc1. The minimum Gasteiger partial charge on any atom is -0.350 e. The van der Waals surface area contributed by atoms with E-state index >= 15 is 0 Å².